The molecule has 0 aliphatic rings. The molecule has 4 rings (SSSR count). The van der Waals surface area contributed by atoms with E-state index < -0.39 is 5.97 Å². The Hall–Kier alpha value is -4.17. The summed E-state index contributed by atoms with van der Waals surface area (Å²) in [5, 5.41) is 11.0. The van der Waals surface area contributed by atoms with Crippen LogP contribution in [0.25, 0.3) is 28.1 Å². The number of hydrogen-bond donors (Lipinski definition) is 3. The lowest BCUT2D eigenvalue weighted by Gasteiger charge is -2.10. The molecule has 0 radical (unpaired) electrons. The van der Waals surface area contributed by atoms with Crippen molar-refractivity contribution in [2.24, 2.45) is 5.73 Å². The molecular formula is C25H22ClN5O3. The van der Waals surface area contributed by atoms with E-state index in [1.54, 1.807) is 36.4 Å². The summed E-state index contributed by atoms with van der Waals surface area (Å²) >= 11 is 6.09. The minimum atomic E-state index is -0.391. The van der Waals surface area contributed by atoms with Crippen LogP contribution in [0.1, 0.15) is 22.3 Å². The largest absolute Gasteiger partial charge is 0.469 e. The molecule has 0 fully saturated rings. The summed E-state index contributed by atoms with van der Waals surface area (Å²) in [5.41, 5.74) is 9.74. The third kappa shape index (κ3) is 4.77. The number of amidine groups is 1. The van der Waals surface area contributed by atoms with Gasteiger partial charge in [0.1, 0.15) is 11.7 Å². The van der Waals surface area contributed by atoms with Crippen LogP contribution in [-0.2, 0) is 9.53 Å². The summed E-state index contributed by atoms with van der Waals surface area (Å²) in [6.07, 6.45) is 0.0933. The molecule has 8 nitrogen and oxygen atoms in total. The van der Waals surface area contributed by atoms with E-state index in [9.17, 15) is 9.59 Å². The van der Waals surface area contributed by atoms with E-state index in [1.165, 1.54) is 7.11 Å². The monoisotopic (exact) mass is 475 g/mol. The van der Waals surface area contributed by atoms with Gasteiger partial charge >= 0.3 is 5.97 Å². The van der Waals surface area contributed by atoms with Crippen LogP contribution >= 0.6 is 11.6 Å². The summed E-state index contributed by atoms with van der Waals surface area (Å²) < 4.78 is 6.57. The molecule has 0 spiro atoms. The summed E-state index contributed by atoms with van der Waals surface area (Å²) in [6.45, 7) is 0.177. The van der Waals surface area contributed by atoms with Crippen molar-refractivity contribution in [3.63, 3.8) is 0 Å². The predicted molar refractivity (Wildman–Crippen MR) is 131 cm³/mol. The predicted octanol–water partition coefficient (Wildman–Crippen LogP) is 3.92. The molecule has 9 heteroatoms. The molecule has 4 N–H and O–H groups in total. The average Bonchev–Trinajstić information content (AvgIpc) is 3.23. The van der Waals surface area contributed by atoms with Gasteiger partial charge in [-0.1, -0.05) is 35.9 Å². The molecule has 0 aliphatic heterocycles. The summed E-state index contributed by atoms with van der Waals surface area (Å²) in [4.78, 5) is 28.7. The summed E-state index contributed by atoms with van der Waals surface area (Å²) in [5.74, 6) is -0.0478. The van der Waals surface area contributed by atoms with Crippen LogP contribution < -0.4 is 11.1 Å². The Labute approximate surface area is 200 Å². The first-order valence-electron chi connectivity index (χ1n) is 10.5. The van der Waals surface area contributed by atoms with Crippen LogP contribution in [0.15, 0.2) is 66.7 Å². The second-order valence-corrected chi connectivity index (χ2v) is 7.96. The smallest absolute Gasteiger partial charge is 0.307 e. The standard InChI is InChI=1S/C25H22ClN5O3/c1-34-22(32)12-13-29-25(33)17-6-11-21-20(14-17)30-24(16-4-2-15(3-5-16)23(27)28)31(21)19-9-7-18(26)8-10-19/h2-11,14H,12-13H2,1H3,(H3,27,28)(H,29,33). The second kappa shape index (κ2) is 9.76. The highest BCUT2D eigenvalue weighted by Gasteiger charge is 2.17. The van der Waals surface area contributed by atoms with Crippen LogP contribution in [-0.4, -0.2) is 40.9 Å². The Balaban J connectivity index is 1.76. The highest BCUT2D eigenvalue weighted by atomic mass is 35.5. The van der Waals surface area contributed by atoms with Crippen molar-refractivity contribution < 1.29 is 14.3 Å². The van der Waals surface area contributed by atoms with Crippen LogP contribution in [0.2, 0.25) is 5.02 Å². The normalized spacial score (nSPS) is 10.8. The fraction of sp³-hybridized carbons (Fsp3) is 0.120. The SMILES string of the molecule is COC(=O)CCNC(=O)c1ccc2c(c1)nc(-c1ccc(C(=N)N)cc1)n2-c1ccc(Cl)cc1. The number of hydrogen-bond acceptors (Lipinski definition) is 5. The number of benzene rings is 3. The van der Waals surface area contributed by atoms with Gasteiger partial charge < -0.3 is 15.8 Å². The number of carbonyl (C=O) groups is 2. The number of ether oxygens (including phenoxy) is 1. The Morgan fingerprint density at radius 1 is 1.06 bits per heavy atom. The molecule has 0 aliphatic carbocycles. The van der Waals surface area contributed by atoms with Crippen molar-refractivity contribution in [2.75, 3.05) is 13.7 Å². The molecule has 1 aromatic heterocycles. The maximum Gasteiger partial charge on any atom is 0.307 e. The number of amides is 1. The minimum Gasteiger partial charge on any atom is -0.469 e. The molecule has 0 saturated carbocycles. The van der Waals surface area contributed by atoms with Crippen LogP contribution in [0, 0.1) is 5.41 Å². The van der Waals surface area contributed by atoms with Gasteiger partial charge in [-0.2, -0.15) is 0 Å². The molecular weight excluding hydrogens is 454 g/mol. The van der Waals surface area contributed by atoms with Gasteiger partial charge in [-0.05, 0) is 42.5 Å². The first-order chi connectivity index (χ1) is 16.4. The number of nitrogens with zero attached hydrogens (tertiary/aromatic N) is 2. The van der Waals surface area contributed by atoms with E-state index in [0.717, 1.165) is 16.8 Å². The van der Waals surface area contributed by atoms with Gasteiger partial charge in [-0.15, -0.1) is 0 Å². The molecule has 1 amide bonds. The molecule has 4 aromatic rings. The molecule has 1 heterocycles. The van der Waals surface area contributed by atoms with Crippen molar-refractivity contribution in [3.05, 3.63) is 82.9 Å². The van der Waals surface area contributed by atoms with Crippen LogP contribution in [0.4, 0.5) is 0 Å². The van der Waals surface area contributed by atoms with Gasteiger partial charge in [0.15, 0.2) is 0 Å². The van der Waals surface area contributed by atoms with E-state index in [0.29, 0.717) is 27.5 Å². The van der Waals surface area contributed by atoms with Gasteiger partial charge in [-0.25, -0.2) is 4.98 Å². The lowest BCUT2D eigenvalue weighted by molar-refractivity contribution is -0.140. The zero-order chi connectivity index (χ0) is 24.2. The number of imidazole rings is 1. The quantitative estimate of drug-likeness (QED) is 0.212. The van der Waals surface area contributed by atoms with E-state index in [1.807, 2.05) is 34.9 Å². The Kier molecular flexibility index (Phi) is 6.60. The first-order valence-corrected chi connectivity index (χ1v) is 10.8. The number of carbonyl (C=O) groups excluding carboxylic acids is 2. The molecule has 172 valence electrons. The number of rotatable bonds is 7. The zero-order valence-corrected chi connectivity index (χ0v) is 19.1. The molecule has 34 heavy (non-hydrogen) atoms. The van der Waals surface area contributed by atoms with Gasteiger partial charge in [0, 0.05) is 33.9 Å². The minimum absolute atomic E-state index is 0.0133. The van der Waals surface area contributed by atoms with Crippen molar-refractivity contribution in [2.45, 2.75) is 6.42 Å². The van der Waals surface area contributed by atoms with E-state index in [-0.39, 0.29) is 24.7 Å². The van der Waals surface area contributed by atoms with Crippen molar-refractivity contribution >= 4 is 40.3 Å². The molecule has 0 unspecified atom stereocenters. The number of nitrogens with one attached hydrogen (secondary N) is 2. The third-order valence-corrected chi connectivity index (χ3v) is 5.55. The second-order valence-electron chi connectivity index (χ2n) is 7.52. The van der Waals surface area contributed by atoms with Gasteiger partial charge in [0.25, 0.3) is 5.91 Å². The number of methoxy groups -OCH3 is 1. The summed E-state index contributed by atoms with van der Waals surface area (Å²) in [7, 11) is 1.31. The zero-order valence-electron chi connectivity index (χ0n) is 18.3. The lowest BCUT2D eigenvalue weighted by atomic mass is 10.1. The van der Waals surface area contributed by atoms with Crippen molar-refractivity contribution in [1.29, 1.82) is 5.41 Å². The van der Waals surface area contributed by atoms with Gasteiger partial charge in [0.05, 0.1) is 24.6 Å². The number of nitrogens with two attached hydrogens (primary N) is 1. The highest BCUT2D eigenvalue weighted by molar-refractivity contribution is 6.30. The number of esters is 1. The number of aromatic nitrogens is 2. The van der Waals surface area contributed by atoms with Gasteiger partial charge in [0.2, 0.25) is 0 Å². The average molecular weight is 476 g/mol. The van der Waals surface area contributed by atoms with E-state index >= 15 is 0 Å². The maximum atomic E-state index is 12.6. The fourth-order valence-corrected chi connectivity index (χ4v) is 3.67. The molecule has 0 bridgehead atoms. The number of halogens is 1. The van der Waals surface area contributed by atoms with Crippen molar-refractivity contribution in [3.8, 4) is 17.1 Å². The van der Waals surface area contributed by atoms with Crippen LogP contribution in [0.3, 0.4) is 0 Å². The van der Waals surface area contributed by atoms with Crippen molar-refractivity contribution in [1.82, 2.24) is 14.9 Å². The van der Waals surface area contributed by atoms with Crippen LogP contribution in [0.5, 0.6) is 0 Å². The van der Waals surface area contributed by atoms with E-state index in [4.69, 9.17) is 27.7 Å². The molecule has 0 atom stereocenters. The van der Waals surface area contributed by atoms with Gasteiger partial charge in [-0.3, -0.25) is 19.6 Å². The van der Waals surface area contributed by atoms with E-state index in [2.05, 4.69) is 10.1 Å². The number of fused-ring (bicyclic) bond motifs is 1. The Bertz CT molecular complexity index is 1380. The third-order valence-electron chi connectivity index (χ3n) is 5.30. The number of nitrogen functional groups attached to an aromatic ring is 1. The topological polar surface area (TPSA) is 123 Å². The maximum absolute atomic E-state index is 12.6. The molecule has 0 saturated heterocycles. The Morgan fingerprint density at radius 3 is 2.38 bits per heavy atom. The lowest BCUT2D eigenvalue weighted by Crippen LogP contribution is -2.26. The Morgan fingerprint density at radius 2 is 1.74 bits per heavy atom. The fourth-order valence-electron chi connectivity index (χ4n) is 3.55. The highest BCUT2D eigenvalue weighted by Crippen LogP contribution is 2.30. The summed E-state index contributed by atoms with van der Waals surface area (Å²) in [6, 6.07) is 19.9. The first kappa shape index (κ1) is 23.0. The molecule has 3 aromatic carbocycles.